The van der Waals surface area contributed by atoms with Gasteiger partial charge in [0.1, 0.15) is 0 Å². The number of hydrogen-bond acceptors (Lipinski definition) is 5. The molecule has 1 aliphatic heterocycles. The number of nitrogens with one attached hydrogen (secondary N) is 2. The minimum atomic E-state index is -0.350. The molecule has 0 radical (unpaired) electrons. The SMILES string of the molecule is COC(=O)c1ccc(N2CCNC(NC(=O)c3ccc(Br)cc3)C2)cc1. The van der Waals surface area contributed by atoms with Gasteiger partial charge in [-0.15, -0.1) is 0 Å². The molecule has 2 N–H and O–H groups in total. The van der Waals surface area contributed by atoms with Crippen LogP contribution < -0.4 is 15.5 Å². The Balaban J connectivity index is 1.62. The normalized spacial score (nSPS) is 16.8. The lowest BCUT2D eigenvalue weighted by molar-refractivity contribution is 0.0600. The van der Waals surface area contributed by atoms with E-state index in [2.05, 4.69) is 31.5 Å². The van der Waals surface area contributed by atoms with Crippen LogP contribution in [0.4, 0.5) is 5.69 Å². The predicted octanol–water partition coefficient (Wildman–Crippen LogP) is 2.40. The summed E-state index contributed by atoms with van der Waals surface area (Å²) in [4.78, 5) is 26.1. The number of ether oxygens (including phenoxy) is 1. The van der Waals surface area contributed by atoms with E-state index in [0.29, 0.717) is 17.7 Å². The van der Waals surface area contributed by atoms with Gasteiger partial charge in [0.05, 0.1) is 25.4 Å². The van der Waals surface area contributed by atoms with Gasteiger partial charge in [0, 0.05) is 28.8 Å². The molecule has 1 fully saturated rings. The van der Waals surface area contributed by atoms with Crippen LogP contribution in [0.3, 0.4) is 0 Å². The van der Waals surface area contributed by atoms with Gasteiger partial charge in [0.15, 0.2) is 0 Å². The topological polar surface area (TPSA) is 70.7 Å². The van der Waals surface area contributed by atoms with Gasteiger partial charge in [-0.05, 0) is 48.5 Å². The van der Waals surface area contributed by atoms with E-state index in [9.17, 15) is 9.59 Å². The monoisotopic (exact) mass is 417 g/mol. The molecule has 2 aromatic rings. The van der Waals surface area contributed by atoms with Crippen molar-refractivity contribution in [2.45, 2.75) is 6.17 Å². The molecule has 1 aliphatic rings. The summed E-state index contributed by atoms with van der Waals surface area (Å²) in [6.07, 6.45) is -0.153. The molecule has 1 atom stereocenters. The third-order valence-electron chi connectivity index (χ3n) is 4.24. The Morgan fingerprint density at radius 3 is 2.42 bits per heavy atom. The van der Waals surface area contributed by atoms with E-state index >= 15 is 0 Å². The zero-order valence-electron chi connectivity index (χ0n) is 14.4. The van der Waals surface area contributed by atoms with Crippen molar-refractivity contribution in [1.29, 1.82) is 0 Å². The summed E-state index contributed by atoms with van der Waals surface area (Å²) in [7, 11) is 1.37. The van der Waals surface area contributed by atoms with E-state index in [1.54, 1.807) is 24.3 Å². The van der Waals surface area contributed by atoms with Crippen molar-refractivity contribution in [3.63, 3.8) is 0 Å². The Kier molecular flexibility index (Phi) is 5.90. The van der Waals surface area contributed by atoms with Crippen molar-refractivity contribution < 1.29 is 14.3 Å². The number of carbonyl (C=O) groups excluding carboxylic acids is 2. The van der Waals surface area contributed by atoms with E-state index in [4.69, 9.17) is 4.74 Å². The number of benzene rings is 2. The minimum Gasteiger partial charge on any atom is -0.465 e. The van der Waals surface area contributed by atoms with Crippen LogP contribution >= 0.6 is 15.9 Å². The maximum Gasteiger partial charge on any atom is 0.337 e. The Morgan fingerprint density at radius 1 is 1.12 bits per heavy atom. The number of rotatable bonds is 4. The molecule has 26 heavy (non-hydrogen) atoms. The highest BCUT2D eigenvalue weighted by molar-refractivity contribution is 9.10. The second-order valence-electron chi connectivity index (χ2n) is 5.97. The van der Waals surface area contributed by atoms with Gasteiger partial charge in [0.2, 0.25) is 0 Å². The molecule has 2 aromatic carbocycles. The molecule has 0 aromatic heterocycles. The molecule has 0 aliphatic carbocycles. The van der Waals surface area contributed by atoms with Gasteiger partial charge >= 0.3 is 5.97 Å². The summed E-state index contributed by atoms with van der Waals surface area (Å²) < 4.78 is 5.66. The number of piperazine rings is 1. The largest absolute Gasteiger partial charge is 0.465 e. The van der Waals surface area contributed by atoms with Crippen LogP contribution in [0.15, 0.2) is 53.0 Å². The first-order valence-electron chi connectivity index (χ1n) is 8.30. The summed E-state index contributed by atoms with van der Waals surface area (Å²) in [5, 5.41) is 6.32. The highest BCUT2D eigenvalue weighted by atomic mass is 79.9. The summed E-state index contributed by atoms with van der Waals surface area (Å²) in [6.45, 7) is 2.21. The quantitative estimate of drug-likeness (QED) is 0.747. The van der Waals surface area contributed by atoms with Crippen LogP contribution in [0.2, 0.25) is 0 Å². The van der Waals surface area contributed by atoms with Crippen molar-refractivity contribution in [1.82, 2.24) is 10.6 Å². The summed E-state index contributed by atoms with van der Waals surface area (Å²) >= 11 is 3.37. The lowest BCUT2D eigenvalue weighted by atomic mass is 10.1. The van der Waals surface area contributed by atoms with Gasteiger partial charge in [-0.3, -0.25) is 10.1 Å². The van der Waals surface area contributed by atoms with E-state index in [1.165, 1.54) is 7.11 Å². The van der Waals surface area contributed by atoms with E-state index in [-0.39, 0.29) is 18.0 Å². The van der Waals surface area contributed by atoms with Crippen molar-refractivity contribution in [2.75, 3.05) is 31.6 Å². The first-order valence-corrected chi connectivity index (χ1v) is 9.09. The summed E-state index contributed by atoms with van der Waals surface area (Å²) in [5.41, 5.74) is 2.14. The number of esters is 1. The first-order chi connectivity index (χ1) is 12.6. The van der Waals surface area contributed by atoms with Gasteiger partial charge in [-0.25, -0.2) is 4.79 Å². The van der Waals surface area contributed by atoms with E-state index in [0.717, 1.165) is 23.2 Å². The number of anilines is 1. The lowest BCUT2D eigenvalue weighted by Crippen LogP contribution is -2.58. The average molecular weight is 418 g/mol. The molecule has 3 rings (SSSR count). The van der Waals surface area contributed by atoms with Gasteiger partial charge in [0.25, 0.3) is 5.91 Å². The maximum absolute atomic E-state index is 12.4. The Hall–Kier alpha value is -2.38. The Bertz CT molecular complexity index is 778. The Labute approximate surface area is 160 Å². The standard InChI is InChI=1S/C19H20BrN3O3/c1-26-19(25)14-4-8-16(9-5-14)23-11-10-21-17(12-23)22-18(24)13-2-6-15(20)7-3-13/h2-9,17,21H,10-12H2,1H3,(H,22,24). The third-order valence-corrected chi connectivity index (χ3v) is 4.77. The average Bonchev–Trinajstić information content (AvgIpc) is 2.68. The first kappa shape index (κ1) is 18.4. The van der Waals surface area contributed by atoms with Gasteiger partial charge in [-0.1, -0.05) is 15.9 Å². The van der Waals surface area contributed by atoms with Crippen LogP contribution in [0.25, 0.3) is 0 Å². The molecular formula is C19H20BrN3O3. The van der Waals surface area contributed by atoms with Crippen LogP contribution in [-0.2, 0) is 4.74 Å². The molecule has 0 spiro atoms. The van der Waals surface area contributed by atoms with Crippen LogP contribution in [0.1, 0.15) is 20.7 Å². The lowest BCUT2D eigenvalue weighted by Gasteiger charge is -2.35. The fourth-order valence-corrected chi connectivity index (χ4v) is 3.11. The summed E-state index contributed by atoms with van der Waals surface area (Å²) in [5.74, 6) is -0.464. The molecule has 1 unspecified atom stereocenters. The van der Waals surface area contributed by atoms with Crippen molar-refractivity contribution in [2.24, 2.45) is 0 Å². The molecule has 1 heterocycles. The summed E-state index contributed by atoms with van der Waals surface area (Å²) in [6, 6.07) is 14.5. The second-order valence-corrected chi connectivity index (χ2v) is 6.89. The predicted molar refractivity (Wildman–Crippen MR) is 103 cm³/mol. The Morgan fingerprint density at radius 2 is 1.77 bits per heavy atom. The third kappa shape index (κ3) is 4.42. The number of carbonyl (C=O) groups is 2. The maximum atomic E-state index is 12.4. The van der Waals surface area contributed by atoms with Crippen LogP contribution in [-0.4, -0.2) is 44.8 Å². The number of halogens is 1. The molecule has 1 saturated heterocycles. The van der Waals surface area contributed by atoms with Crippen molar-refractivity contribution >= 4 is 33.5 Å². The smallest absolute Gasteiger partial charge is 0.337 e. The van der Waals surface area contributed by atoms with E-state index < -0.39 is 0 Å². The number of hydrogen-bond donors (Lipinski definition) is 2. The molecule has 0 bridgehead atoms. The highest BCUT2D eigenvalue weighted by Crippen LogP contribution is 2.17. The molecular weight excluding hydrogens is 398 g/mol. The van der Waals surface area contributed by atoms with Crippen LogP contribution in [0, 0.1) is 0 Å². The highest BCUT2D eigenvalue weighted by Gasteiger charge is 2.21. The van der Waals surface area contributed by atoms with Crippen LogP contribution in [0.5, 0.6) is 0 Å². The zero-order chi connectivity index (χ0) is 18.5. The molecule has 7 heteroatoms. The molecule has 1 amide bonds. The van der Waals surface area contributed by atoms with Crippen molar-refractivity contribution in [3.05, 3.63) is 64.1 Å². The van der Waals surface area contributed by atoms with Crippen molar-refractivity contribution in [3.8, 4) is 0 Å². The molecule has 0 saturated carbocycles. The fraction of sp³-hybridized carbons (Fsp3) is 0.263. The van der Waals surface area contributed by atoms with E-state index in [1.807, 2.05) is 24.3 Å². The number of methoxy groups -OCH3 is 1. The molecule has 136 valence electrons. The fourth-order valence-electron chi connectivity index (χ4n) is 2.85. The number of nitrogens with zero attached hydrogens (tertiary/aromatic N) is 1. The molecule has 6 nitrogen and oxygen atoms in total. The van der Waals surface area contributed by atoms with Gasteiger partial charge in [-0.2, -0.15) is 0 Å². The zero-order valence-corrected chi connectivity index (χ0v) is 16.0. The number of amides is 1. The minimum absolute atomic E-state index is 0.113. The van der Waals surface area contributed by atoms with Gasteiger partial charge < -0.3 is 15.0 Å². The second kappa shape index (κ2) is 8.33.